The van der Waals surface area contributed by atoms with Gasteiger partial charge in [0, 0.05) is 5.38 Å². The summed E-state index contributed by atoms with van der Waals surface area (Å²) in [7, 11) is 0. The van der Waals surface area contributed by atoms with Crippen LogP contribution >= 0.6 is 11.3 Å². The maximum atomic E-state index is 11.7. The Balaban J connectivity index is 1.91. The Hall–Kier alpha value is -2.33. The van der Waals surface area contributed by atoms with E-state index in [1.165, 1.54) is 22.2 Å². The van der Waals surface area contributed by atoms with Crippen molar-refractivity contribution in [2.45, 2.75) is 13.5 Å². The molecule has 2 N–H and O–H groups in total. The smallest absolute Gasteiger partial charge is 0.339 e. The van der Waals surface area contributed by atoms with Crippen LogP contribution in [0.2, 0.25) is 0 Å². The zero-order valence-corrected chi connectivity index (χ0v) is 11.1. The lowest BCUT2D eigenvalue weighted by atomic mass is 10.2. The van der Waals surface area contributed by atoms with Crippen molar-refractivity contribution in [2.24, 2.45) is 0 Å². The van der Waals surface area contributed by atoms with Crippen LogP contribution in [-0.2, 0) is 11.3 Å². The molecular formula is C12H12N4O2S. The van der Waals surface area contributed by atoms with Crippen molar-refractivity contribution in [1.29, 1.82) is 5.26 Å². The average Bonchev–Trinajstić information content (AvgIpc) is 2.96. The predicted molar refractivity (Wildman–Crippen MR) is 70.7 cm³/mol. The first-order valence-electron chi connectivity index (χ1n) is 5.54. The first kappa shape index (κ1) is 13.1. The molecule has 2 aromatic rings. The van der Waals surface area contributed by atoms with E-state index < -0.39 is 0 Å². The number of esters is 1. The van der Waals surface area contributed by atoms with Gasteiger partial charge in [0.15, 0.2) is 0 Å². The van der Waals surface area contributed by atoms with Crippen molar-refractivity contribution >= 4 is 23.1 Å². The van der Waals surface area contributed by atoms with Gasteiger partial charge in [0.2, 0.25) is 0 Å². The number of nitrogens with two attached hydrogens (primary N) is 1. The Morgan fingerprint density at radius 2 is 2.42 bits per heavy atom. The molecule has 0 unspecified atom stereocenters. The fourth-order valence-corrected chi connectivity index (χ4v) is 2.35. The molecule has 2 rings (SSSR count). The van der Waals surface area contributed by atoms with Gasteiger partial charge in [0.25, 0.3) is 0 Å². The third-order valence-electron chi connectivity index (χ3n) is 2.61. The van der Waals surface area contributed by atoms with Crippen LogP contribution in [0.1, 0.15) is 21.5 Å². The molecule has 19 heavy (non-hydrogen) atoms. The van der Waals surface area contributed by atoms with Gasteiger partial charge in [-0.25, -0.2) is 9.48 Å². The molecule has 0 saturated heterocycles. The van der Waals surface area contributed by atoms with Crippen molar-refractivity contribution in [3.8, 4) is 6.07 Å². The number of rotatable bonds is 4. The van der Waals surface area contributed by atoms with Crippen LogP contribution < -0.4 is 5.73 Å². The quantitative estimate of drug-likeness (QED) is 0.855. The Morgan fingerprint density at radius 1 is 1.63 bits per heavy atom. The Kier molecular flexibility index (Phi) is 3.82. The molecule has 2 aromatic heterocycles. The highest BCUT2D eigenvalue weighted by atomic mass is 32.1. The van der Waals surface area contributed by atoms with Crippen molar-refractivity contribution in [1.82, 2.24) is 9.78 Å². The van der Waals surface area contributed by atoms with Gasteiger partial charge in [-0.05, 0) is 17.9 Å². The highest BCUT2D eigenvalue weighted by molar-refractivity contribution is 7.08. The summed E-state index contributed by atoms with van der Waals surface area (Å²) in [5.41, 5.74) is 7.49. The molecule has 0 amide bonds. The third-order valence-corrected chi connectivity index (χ3v) is 3.47. The molecule has 0 atom stereocenters. The van der Waals surface area contributed by atoms with E-state index in [4.69, 9.17) is 15.7 Å². The monoisotopic (exact) mass is 276 g/mol. The van der Waals surface area contributed by atoms with E-state index in [0.29, 0.717) is 17.7 Å². The van der Waals surface area contributed by atoms with E-state index in [2.05, 4.69) is 5.10 Å². The molecule has 0 radical (unpaired) electrons. The van der Waals surface area contributed by atoms with Crippen molar-refractivity contribution in [2.75, 3.05) is 12.3 Å². The number of anilines is 1. The lowest BCUT2D eigenvalue weighted by Gasteiger charge is -2.06. The molecule has 6 nitrogen and oxygen atoms in total. The zero-order valence-electron chi connectivity index (χ0n) is 10.3. The van der Waals surface area contributed by atoms with E-state index >= 15 is 0 Å². The fourth-order valence-electron chi connectivity index (χ4n) is 1.53. The van der Waals surface area contributed by atoms with Gasteiger partial charge in [-0.3, -0.25) is 0 Å². The second-order valence-corrected chi connectivity index (χ2v) is 4.63. The minimum absolute atomic E-state index is 0.158. The van der Waals surface area contributed by atoms with Crippen LogP contribution in [0.15, 0.2) is 17.0 Å². The van der Waals surface area contributed by atoms with Crippen LogP contribution in [0.4, 0.5) is 5.82 Å². The van der Waals surface area contributed by atoms with Crippen molar-refractivity contribution in [3.05, 3.63) is 33.6 Å². The maximum Gasteiger partial charge on any atom is 0.339 e. The van der Waals surface area contributed by atoms with Crippen LogP contribution in [0.3, 0.4) is 0 Å². The molecule has 0 bridgehead atoms. The molecule has 0 fully saturated rings. The topological polar surface area (TPSA) is 93.9 Å². The SMILES string of the molecule is Cc1cscc1C(=O)OCCn1ncc(C#N)c1N. The number of ether oxygens (including phenoxy) is 1. The summed E-state index contributed by atoms with van der Waals surface area (Å²) in [6.45, 7) is 2.34. The second-order valence-electron chi connectivity index (χ2n) is 3.88. The number of carbonyl (C=O) groups excluding carboxylic acids is 1. The van der Waals surface area contributed by atoms with Crippen LogP contribution in [0.5, 0.6) is 0 Å². The molecule has 0 aromatic carbocycles. The summed E-state index contributed by atoms with van der Waals surface area (Å²) in [6, 6.07) is 1.93. The summed E-state index contributed by atoms with van der Waals surface area (Å²) >= 11 is 1.46. The average molecular weight is 276 g/mol. The lowest BCUT2D eigenvalue weighted by Crippen LogP contribution is -2.14. The molecule has 2 heterocycles. The van der Waals surface area contributed by atoms with Gasteiger partial charge in [0.05, 0.1) is 18.3 Å². The zero-order chi connectivity index (χ0) is 13.8. The lowest BCUT2D eigenvalue weighted by molar-refractivity contribution is 0.0488. The van der Waals surface area contributed by atoms with Gasteiger partial charge in [-0.2, -0.15) is 21.7 Å². The van der Waals surface area contributed by atoms with E-state index in [-0.39, 0.29) is 18.4 Å². The first-order valence-corrected chi connectivity index (χ1v) is 6.49. The number of hydrogen-bond donors (Lipinski definition) is 1. The fraction of sp³-hybridized carbons (Fsp3) is 0.250. The molecule has 0 aliphatic heterocycles. The second kappa shape index (κ2) is 5.54. The number of thiophene rings is 1. The number of carbonyl (C=O) groups is 1. The van der Waals surface area contributed by atoms with Gasteiger partial charge in [-0.1, -0.05) is 0 Å². The molecular weight excluding hydrogens is 264 g/mol. The van der Waals surface area contributed by atoms with Gasteiger partial charge < -0.3 is 10.5 Å². The minimum Gasteiger partial charge on any atom is -0.460 e. The van der Waals surface area contributed by atoms with Crippen molar-refractivity contribution in [3.63, 3.8) is 0 Å². The molecule has 0 aliphatic rings. The molecule has 0 saturated carbocycles. The third kappa shape index (κ3) is 2.74. The van der Waals surface area contributed by atoms with E-state index in [1.807, 2.05) is 18.4 Å². The van der Waals surface area contributed by atoms with Gasteiger partial charge in [0.1, 0.15) is 24.1 Å². The van der Waals surface area contributed by atoms with Crippen LogP contribution in [0, 0.1) is 18.3 Å². The van der Waals surface area contributed by atoms with Crippen LogP contribution in [0.25, 0.3) is 0 Å². The largest absolute Gasteiger partial charge is 0.460 e. The normalized spacial score (nSPS) is 10.1. The van der Waals surface area contributed by atoms with E-state index in [1.54, 1.807) is 5.38 Å². The number of aromatic nitrogens is 2. The minimum atomic E-state index is -0.356. The molecule has 0 aliphatic carbocycles. The maximum absolute atomic E-state index is 11.7. The van der Waals surface area contributed by atoms with E-state index in [0.717, 1.165) is 5.56 Å². The van der Waals surface area contributed by atoms with E-state index in [9.17, 15) is 4.79 Å². The summed E-state index contributed by atoms with van der Waals surface area (Å²) in [6.07, 6.45) is 1.39. The standard InChI is InChI=1S/C12H12N4O2S/c1-8-6-19-7-10(8)12(17)18-3-2-16-11(14)9(4-13)5-15-16/h5-7H,2-3,14H2,1H3. The highest BCUT2D eigenvalue weighted by Gasteiger charge is 2.12. The van der Waals surface area contributed by atoms with Crippen LogP contribution in [-0.4, -0.2) is 22.4 Å². The summed E-state index contributed by atoms with van der Waals surface area (Å²) in [5, 5.41) is 16.3. The summed E-state index contributed by atoms with van der Waals surface area (Å²) in [5.74, 6) is -0.0738. The predicted octanol–water partition coefficient (Wildman–Crippen LogP) is 1.56. The number of nitrogen functional groups attached to an aromatic ring is 1. The van der Waals surface area contributed by atoms with Gasteiger partial charge in [-0.15, -0.1) is 0 Å². The molecule has 98 valence electrons. The number of aryl methyl sites for hydroxylation is 1. The summed E-state index contributed by atoms with van der Waals surface area (Å²) in [4.78, 5) is 11.7. The van der Waals surface area contributed by atoms with Crippen molar-refractivity contribution < 1.29 is 9.53 Å². The Morgan fingerprint density at radius 3 is 3.00 bits per heavy atom. The van der Waals surface area contributed by atoms with Gasteiger partial charge >= 0.3 is 5.97 Å². The highest BCUT2D eigenvalue weighted by Crippen LogP contribution is 2.15. The first-order chi connectivity index (χ1) is 9.13. The number of nitrogens with zero attached hydrogens (tertiary/aromatic N) is 3. The molecule has 7 heteroatoms. The Bertz CT molecular complexity index is 638. The molecule has 0 spiro atoms. The Labute approximate surface area is 114 Å². The summed E-state index contributed by atoms with van der Waals surface area (Å²) < 4.78 is 6.57. The number of hydrogen-bond acceptors (Lipinski definition) is 6. The number of nitriles is 1.